The summed E-state index contributed by atoms with van der Waals surface area (Å²) in [6.45, 7) is 0. The Morgan fingerprint density at radius 2 is 1.96 bits per heavy atom. The van der Waals surface area contributed by atoms with E-state index in [0.717, 1.165) is 11.0 Å². The molecule has 3 rings (SSSR count). The second-order valence-corrected chi connectivity index (χ2v) is 4.65. The highest BCUT2D eigenvalue weighted by Gasteiger charge is 2.08. The molecule has 0 spiro atoms. The molecule has 0 aliphatic heterocycles. The first-order chi connectivity index (χ1) is 10.6. The Balaban J connectivity index is 0.00000192. The molecule has 0 fully saturated rings. The van der Waals surface area contributed by atoms with Gasteiger partial charge in [0.1, 0.15) is 0 Å². The summed E-state index contributed by atoms with van der Waals surface area (Å²) in [5, 5.41) is 10.7. The van der Waals surface area contributed by atoms with Crippen molar-refractivity contribution in [2.45, 2.75) is 0 Å². The number of H-pyrrole nitrogens is 1. The number of nitro benzene ring substituents is 1. The number of fused-ring (bicyclic) bond motifs is 1. The topological polar surface area (TPSA) is 88.9 Å². The number of nitrogens with one attached hydrogen (secondary N) is 1. The van der Waals surface area contributed by atoms with Crippen molar-refractivity contribution in [3.63, 3.8) is 0 Å². The molecule has 0 unspecified atom stereocenters. The number of para-hydroxylation sites is 2. The van der Waals surface area contributed by atoms with Gasteiger partial charge in [0, 0.05) is 12.1 Å². The number of nitrogens with zero attached hydrogens (tertiary/aromatic N) is 2. The molecule has 0 radical (unpaired) electrons. The number of imidazole rings is 1. The Bertz CT molecular complexity index is 869. The summed E-state index contributed by atoms with van der Waals surface area (Å²) in [4.78, 5) is 29.5. The molecule has 0 saturated carbocycles. The minimum absolute atomic E-state index is 0. The molecule has 6 nitrogen and oxygen atoms in total. The molecule has 7 heteroatoms. The van der Waals surface area contributed by atoms with Crippen LogP contribution in [-0.2, 0) is 0 Å². The van der Waals surface area contributed by atoms with Crippen LogP contribution in [0.5, 0.6) is 0 Å². The van der Waals surface area contributed by atoms with E-state index >= 15 is 0 Å². The number of non-ortho nitro benzene ring substituents is 1. The Morgan fingerprint density at radius 3 is 2.70 bits per heavy atom. The smallest absolute Gasteiger partial charge is 0.270 e. The van der Waals surface area contributed by atoms with Crippen LogP contribution in [0.15, 0.2) is 54.6 Å². The van der Waals surface area contributed by atoms with Gasteiger partial charge in [0.15, 0.2) is 5.82 Å². The van der Waals surface area contributed by atoms with Crippen molar-refractivity contribution < 1.29 is 9.72 Å². The standard InChI is InChI=1S/C16H11N3O3.ClH/c20-15(16-17-13-6-1-2-7-14(13)18-16)9-8-11-4-3-5-12(10-11)19(21)22;/h1-10H,(H,17,18);1H. The number of nitro groups is 1. The summed E-state index contributed by atoms with van der Waals surface area (Å²) in [5.74, 6) is -0.0504. The van der Waals surface area contributed by atoms with Crippen LogP contribution in [0.4, 0.5) is 5.69 Å². The van der Waals surface area contributed by atoms with Gasteiger partial charge >= 0.3 is 0 Å². The lowest BCUT2D eigenvalue weighted by Crippen LogP contribution is -1.96. The second-order valence-electron chi connectivity index (χ2n) is 4.65. The fourth-order valence-electron chi connectivity index (χ4n) is 2.06. The number of allylic oxidation sites excluding steroid dienone is 1. The van der Waals surface area contributed by atoms with Gasteiger partial charge in [-0.1, -0.05) is 30.3 Å². The molecular formula is C16H12ClN3O3. The zero-order valence-corrected chi connectivity index (χ0v) is 12.6. The highest BCUT2D eigenvalue weighted by Crippen LogP contribution is 2.15. The van der Waals surface area contributed by atoms with Crippen LogP contribution < -0.4 is 0 Å². The fourth-order valence-corrected chi connectivity index (χ4v) is 2.06. The van der Waals surface area contributed by atoms with Gasteiger partial charge in [-0.2, -0.15) is 0 Å². The number of carbonyl (C=O) groups excluding carboxylic acids is 1. The first kappa shape index (κ1) is 16.4. The Hall–Kier alpha value is -2.99. The van der Waals surface area contributed by atoms with Gasteiger partial charge in [-0.05, 0) is 23.8 Å². The van der Waals surface area contributed by atoms with Crippen LogP contribution in [0.3, 0.4) is 0 Å². The predicted octanol–water partition coefficient (Wildman–Crippen LogP) is 3.79. The third-order valence-electron chi connectivity index (χ3n) is 3.13. The van der Waals surface area contributed by atoms with Crippen molar-refractivity contribution in [2.75, 3.05) is 0 Å². The summed E-state index contributed by atoms with van der Waals surface area (Å²) in [6.07, 6.45) is 2.87. The molecule has 0 aliphatic rings. The van der Waals surface area contributed by atoms with Gasteiger partial charge in [0.05, 0.1) is 16.0 Å². The monoisotopic (exact) mass is 329 g/mol. The third kappa shape index (κ3) is 3.61. The number of carbonyl (C=O) groups is 1. The number of hydrogen-bond acceptors (Lipinski definition) is 4. The van der Waals surface area contributed by atoms with E-state index in [4.69, 9.17) is 0 Å². The van der Waals surface area contributed by atoms with Gasteiger partial charge in [-0.15, -0.1) is 12.4 Å². The molecule has 0 amide bonds. The van der Waals surface area contributed by atoms with Crippen LogP contribution in [0.1, 0.15) is 16.2 Å². The first-order valence-electron chi connectivity index (χ1n) is 6.55. The maximum absolute atomic E-state index is 12.1. The van der Waals surface area contributed by atoms with Crippen molar-refractivity contribution in [3.8, 4) is 0 Å². The maximum Gasteiger partial charge on any atom is 0.270 e. The lowest BCUT2D eigenvalue weighted by atomic mass is 10.1. The largest absolute Gasteiger partial charge is 0.335 e. The zero-order valence-electron chi connectivity index (χ0n) is 11.8. The Labute approximate surface area is 137 Å². The Morgan fingerprint density at radius 1 is 1.17 bits per heavy atom. The molecule has 1 heterocycles. The average Bonchev–Trinajstić information content (AvgIpc) is 2.97. The molecule has 1 aromatic heterocycles. The van der Waals surface area contributed by atoms with Crippen molar-refractivity contribution in [3.05, 3.63) is 76.1 Å². The summed E-state index contributed by atoms with van der Waals surface area (Å²) in [7, 11) is 0. The van der Waals surface area contributed by atoms with Crippen LogP contribution >= 0.6 is 12.4 Å². The van der Waals surface area contributed by atoms with Gasteiger partial charge in [0.25, 0.3) is 5.69 Å². The second kappa shape index (κ2) is 6.85. The number of hydrogen-bond donors (Lipinski definition) is 1. The molecular weight excluding hydrogens is 318 g/mol. The maximum atomic E-state index is 12.1. The molecule has 0 bridgehead atoms. The third-order valence-corrected chi connectivity index (χ3v) is 3.13. The number of aromatic nitrogens is 2. The lowest BCUT2D eigenvalue weighted by Gasteiger charge is -1.94. The molecule has 3 aromatic rings. The minimum Gasteiger partial charge on any atom is -0.335 e. The van der Waals surface area contributed by atoms with Gasteiger partial charge in [0.2, 0.25) is 5.78 Å². The van der Waals surface area contributed by atoms with Crippen LogP contribution in [-0.4, -0.2) is 20.7 Å². The molecule has 1 N–H and O–H groups in total. The van der Waals surface area contributed by atoms with E-state index in [1.54, 1.807) is 12.1 Å². The van der Waals surface area contributed by atoms with Crippen molar-refractivity contribution in [1.29, 1.82) is 0 Å². The SMILES string of the molecule is Cl.O=C(C=Cc1cccc([N+](=O)[O-])c1)c1nc2ccccc2[nH]1. The number of benzene rings is 2. The predicted molar refractivity (Wildman–Crippen MR) is 89.8 cm³/mol. The quantitative estimate of drug-likeness (QED) is 0.341. The van der Waals surface area contributed by atoms with Crippen LogP contribution in [0.2, 0.25) is 0 Å². The molecule has 0 aliphatic carbocycles. The van der Waals surface area contributed by atoms with Crippen molar-refractivity contribution in [1.82, 2.24) is 9.97 Å². The van der Waals surface area contributed by atoms with Crippen molar-refractivity contribution >= 4 is 41.0 Å². The van der Waals surface area contributed by atoms with E-state index in [9.17, 15) is 14.9 Å². The summed E-state index contributed by atoms with van der Waals surface area (Å²) in [6, 6.07) is 13.4. The highest BCUT2D eigenvalue weighted by atomic mass is 35.5. The summed E-state index contributed by atoms with van der Waals surface area (Å²) in [5.41, 5.74) is 2.07. The molecule has 23 heavy (non-hydrogen) atoms. The number of ketones is 1. The molecule has 0 saturated heterocycles. The first-order valence-corrected chi connectivity index (χ1v) is 6.55. The average molecular weight is 330 g/mol. The van der Waals surface area contributed by atoms with E-state index in [1.165, 1.54) is 24.3 Å². The van der Waals surface area contributed by atoms with Gasteiger partial charge < -0.3 is 4.98 Å². The summed E-state index contributed by atoms with van der Waals surface area (Å²) < 4.78 is 0. The van der Waals surface area contributed by atoms with E-state index in [2.05, 4.69) is 9.97 Å². The van der Waals surface area contributed by atoms with Gasteiger partial charge in [-0.25, -0.2) is 4.98 Å². The normalized spacial score (nSPS) is 10.6. The minimum atomic E-state index is -0.474. The number of aromatic amines is 1. The number of rotatable bonds is 4. The zero-order chi connectivity index (χ0) is 15.5. The van der Waals surface area contributed by atoms with E-state index in [1.807, 2.05) is 24.3 Å². The van der Waals surface area contributed by atoms with Crippen molar-refractivity contribution in [2.24, 2.45) is 0 Å². The highest BCUT2D eigenvalue weighted by molar-refractivity contribution is 6.05. The van der Waals surface area contributed by atoms with E-state index in [-0.39, 0.29) is 29.7 Å². The van der Waals surface area contributed by atoms with Gasteiger partial charge in [-0.3, -0.25) is 14.9 Å². The van der Waals surface area contributed by atoms with E-state index < -0.39 is 4.92 Å². The summed E-state index contributed by atoms with van der Waals surface area (Å²) >= 11 is 0. The van der Waals surface area contributed by atoms with Crippen LogP contribution in [0.25, 0.3) is 17.1 Å². The molecule has 116 valence electrons. The lowest BCUT2D eigenvalue weighted by molar-refractivity contribution is -0.384. The fraction of sp³-hybridized carbons (Fsp3) is 0. The Kier molecular flexibility index (Phi) is 4.88. The van der Waals surface area contributed by atoms with E-state index in [0.29, 0.717) is 5.56 Å². The number of halogens is 1. The molecule has 2 aromatic carbocycles. The van der Waals surface area contributed by atoms with Crippen LogP contribution in [0, 0.1) is 10.1 Å². The molecule has 0 atom stereocenters.